The highest BCUT2D eigenvalue weighted by molar-refractivity contribution is 5.23. The number of hydrogen-bond acceptors (Lipinski definition) is 2. The van der Waals surface area contributed by atoms with E-state index in [0.29, 0.717) is 5.92 Å². The lowest BCUT2D eigenvalue weighted by atomic mass is 10.1. The van der Waals surface area contributed by atoms with E-state index in [1.165, 1.54) is 43.4 Å². The summed E-state index contributed by atoms with van der Waals surface area (Å²) >= 11 is 0. The third-order valence-corrected chi connectivity index (χ3v) is 4.51. The smallest absolute Gasteiger partial charge is 0.0236 e. The van der Waals surface area contributed by atoms with Crippen LogP contribution in [0.25, 0.3) is 0 Å². The van der Waals surface area contributed by atoms with Gasteiger partial charge in [0.25, 0.3) is 0 Å². The summed E-state index contributed by atoms with van der Waals surface area (Å²) in [5.74, 6) is 0.714. The van der Waals surface area contributed by atoms with Crippen molar-refractivity contribution in [1.29, 1.82) is 0 Å². The van der Waals surface area contributed by atoms with Gasteiger partial charge in [-0.1, -0.05) is 57.9 Å². The second kappa shape index (κ2) is 8.55. The first-order chi connectivity index (χ1) is 10.2. The molecule has 1 aliphatic rings. The maximum atomic E-state index is 3.54. The van der Waals surface area contributed by atoms with Crippen LogP contribution in [0.4, 0.5) is 0 Å². The Bertz CT molecular complexity index is 408. The van der Waals surface area contributed by atoms with Crippen LogP contribution in [-0.2, 0) is 13.1 Å². The van der Waals surface area contributed by atoms with E-state index in [0.717, 1.165) is 25.7 Å². The van der Waals surface area contributed by atoms with Crippen LogP contribution >= 0.6 is 0 Å². The SMILES string of the molecule is CCN(Cc1cccc(CNCC(C)C)c1)C1CCCC1. The lowest BCUT2D eigenvalue weighted by Crippen LogP contribution is -2.32. The van der Waals surface area contributed by atoms with Gasteiger partial charge in [-0.25, -0.2) is 0 Å². The fraction of sp³-hybridized carbons (Fsp3) is 0.684. The average Bonchev–Trinajstić information content (AvgIpc) is 2.99. The largest absolute Gasteiger partial charge is 0.312 e. The highest BCUT2D eigenvalue weighted by atomic mass is 15.1. The van der Waals surface area contributed by atoms with Gasteiger partial charge >= 0.3 is 0 Å². The summed E-state index contributed by atoms with van der Waals surface area (Å²) in [5.41, 5.74) is 2.88. The molecule has 0 atom stereocenters. The van der Waals surface area contributed by atoms with Crippen molar-refractivity contribution < 1.29 is 0 Å². The Hall–Kier alpha value is -0.860. The highest BCUT2D eigenvalue weighted by Gasteiger charge is 2.21. The molecule has 0 aliphatic heterocycles. The Balaban J connectivity index is 1.89. The molecule has 2 rings (SSSR count). The molecule has 1 aromatic carbocycles. The molecule has 2 heteroatoms. The van der Waals surface area contributed by atoms with Crippen molar-refractivity contribution in [1.82, 2.24) is 10.2 Å². The Morgan fingerprint density at radius 1 is 1.19 bits per heavy atom. The van der Waals surface area contributed by atoms with Crippen molar-refractivity contribution in [2.75, 3.05) is 13.1 Å². The molecule has 21 heavy (non-hydrogen) atoms. The predicted octanol–water partition coefficient (Wildman–Crippen LogP) is 4.20. The van der Waals surface area contributed by atoms with Crippen molar-refractivity contribution in [3.05, 3.63) is 35.4 Å². The van der Waals surface area contributed by atoms with Crippen LogP contribution in [0.5, 0.6) is 0 Å². The van der Waals surface area contributed by atoms with E-state index in [1.54, 1.807) is 0 Å². The van der Waals surface area contributed by atoms with Crippen molar-refractivity contribution in [2.45, 2.75) is 65.6 Å². The van der Waals surface area contributed by atoms with E-state index < -0.39 is 0 Å². The predicted molar refractivity (Wildman–Crippen MR) is 91.3 cm³/mol. The molecular formula is C19H32N2. The molecule has 1 saturated carbocycles. The summed E-state index contributed by atoms with van der Waals surface area (Å²) in [6, 6.07) is 9.93. The monoisotopic (exact) mass is 288 g/mol. The number of rotatable bonds is 8. The van der Waals surface area contributed by atoms with E-state index in [-0.39, 0.29) is 0 Å². The molecule has 0 amide bonds. The van der Waals surface area contributed by atoms with Gasteiger partial charge in [0.1, 0.15) is 0 Å². The zero-order valence-corrected chi connectivity index (χ0v) is 14.1. The third-order valence-electron chi connectivity index (χ3n) is 4.51. The molecule has 0 radical (unpaired) electrons. The second-order valence-electron chi connectivity index (χ2n) is 6.85. The van der Waals surface area contributed by atoms with Gasteiger partial charge in [-0.2, -0.15) is 0 Å². The third kappa shape index (κ3) is 5.44. The first-order valence-corrected chi connectivity index (χ1v) is 8.71. The molecule has 0 unspecified atom stereocenters. The normalized spacial score (nSPS) is 16.2. The number of benzene rings is 1. The number of nitrogens with one attached hydrogen (secondary N) is 1. The minimum atomic E-state index is 0.714. The van der Waals surface area contributed by atoms with Gasteiger partial charge in [-0.05, 0) is 43.0 Å². The van der Waals surface area contributed by atoms with Crippen LogP contribution in [0.15, 0.2) is 24.3 Å². The van der Waals surface area contributed by atoms with Crippen LogP contribution in [-0.4, -0.2) is 24.0 Å². The summed E-state index contributed by atoms with van der Waals surface area (Å²) in [6.07, 6.45) is 5.62. The molecule has 0 saturated heterocycles. The van der Waals surface area contributed by atoms with Crippen LogP contribution < -0.4 is 5.32 Å². The Morgan fingerprint density at radius 3 is 2.57 bits per heavy atom. The molecule has 0 bridgehead atoms. The Morgan fingerprint density at radius 2 is 1.90 bits per heavy atom. The maximum absolute atomic E-state index is 3.54. The summed E-state index contributed by atoms with van der Waals surface area (Å²) in [4.78, 5) is 2.66. The zero-order valence-electron chi connectivity index (χ0n) is 14.1. The first-order valence-electron chi connectivity index (χ1n) is 8.71. The van der Waals surface area contributed by atoms with E-state index in [1.807, 2.05) is 0 Å². The minimum absolute atomic E-state index is 0.714. The van der Waals surface area contributed by atoms with Gasteiger partial charge in [0.15, 0.2) is 0 Å². The van der Waals surface area contributed by atoms with Gasteiger partial charge < -0.3 is 5.32 Å². The van der Waals surface area contributed by atoms with E-state index in [4.69, 9.17) is 0 Å². The molecule has 0 heterocycles. The van der Waals surface area contributed by atoms with Gasteiger partial charge in [-0.3, -0.25) is 4.90 Å². The van der Waals surface area contributed by atoms with Gasteiger partial charge in [0, 0.05) is 19.1 Å². The van der Waals surface area contributed by atoms with E-state index in [2.05, 4.69) is 55.3 Å². The molecular weight excluding hydrogens is 256 g/mol. The second-order valence-corrected chi connectivity index (χ2v) is 6.85. The fourth-order valence-corrected chi connectivity index (χ4v) is 3.35. The molecule has 1 aromatic rings. The molecule has 0 spiro atoms. The quantitative estimate of drug-likeness (QED) is 0.771. The topological polar surface area (TPSA) is 15.3 Å². The van der Waals surface area contributed by atoms with Crippen molar-refractivity contribution in [3.63, 3.8) is 0 Å². The lowest BCUT2D eigenvalue weighted by Gasteiger charge is -2.27. The van der Waals surface area contributed by atoms with Crippen molar-refractivity contribution >= 4 is 0 Å². The molecule has 0 aromatic heterocycles. The van der Waals surface area contributed by atoms with E-state index in [9.17, 15) is 0 Å². The summed E-state index contributed by atoms with van der Waals surface area (Å²) in [7, 11) is 0. The fourth-order valence-electron chi connectivity index (χ4n) is 3.35. The van der Waals surface area contributed by atoms with Crippen molar-refractivity contribution in [2.24, 2.45) is 5.92 Å². The van der Waals surface area contributed by atoms with Gasteiger partial charge in [0.2, 0.25) is 0 Å². The number of nitrogens with zero attached hydrogens (tertiary/aromatic N) is 1. The molecule has 1 aliphatic carbocycles. The molecule has 118 valence electrons. The van der Waals surface area contributed by atoms with Crippen LogP contribution in [0, 0.1) is 5.92 Å². The van der Waals surface area contributed by atoms with Gasteiger partial charge in [-0.15, -0.1) is 0 Å². The van der Waals surface area contributed by atoms with Crippen LogP contribution in [0.1, 0.15) is 57.6 Å². The average molecular weight is 288 g/mol. The maximum Gasteiger partial charge on any atom is 0.0236 e. The van der Waals surface area contributed by atoms with Gasteiger partial charge in [0.05, 0.1) is 0 Å². The van der Waals surface area contributed by atoms with Crippen molar-refractivity contribution in [3.8, 4) is 0 Å². The molecule has 2 nitrogen and oxygen atoms in total. The van der Waals surface area contributed by atoms with Crippen LogP contribution in [0.3, 0.4) is 0 Å². The summed E-state index contributed by atoms with van der Waals surface area (Å²) < 4.78 is 0. The van der Waals surface area contributed by atoms with E-state index >= 15 is 0 Å². The molecule has 1 N–H and O–H groups in total. The number of hydrogen-bond donors (Lipinski definition) is 1. The summed E-state index contributed by atoms with van der Waals surface area (Å²) in [6.45, 7) is 11.2. The molecule has 1 fully saturated rings. The minimum Gasteiger partial charge on any atom is -0.312 e. The first kappa shape index (κ1) is 16.5. The Labute approximate surface area is 130 Å². The standard InChI is InChI=1S/C19H32N2/c1-4-21(19-10-5-6-11-19)15-18-9-7-8-17(12-18)14-20-13-16(2)3/h7-9,12,16,19-20H,4-6,10-11,13-15H2,1-3H3. The lowest BCUT2D eigenvalue weighted by molar-refractivity contribution is 0.200. The summed E-state index contributed by atoms with van der Waals surface area (Å²) in [5, 5.41) is 3.54. The highest BCUT2D eigenvalue weighted by Crippen LogP contribution is 2.24. The van der Waals surface area contributed by atoms with Crippen LogP contribution in [0.2, 0.25) is 0 Å². The Kier molecular flexibility index (Phi) is 6.72. The zero-order chi connectivity index (χ0) is 15.1.